The maximum Gasteiger partial charge on any atom is 0.270 e. The van der Waals surface area contributed by atoms with E-state index in [9.17, 15) is 15.2 Å². The summed E-state index contributed by atoms with van der Waals surface area (Å²) in [5.74, 6) is 0.504. The SMILES string of the molecule is C[C@H](O)c1cc([N+](=O)[O-])ccc1OCCC(C)(C)C. The number of hydrogen-bond acceptors (Lipinski definition) is 4. The summed E-state index contributed by atoms with van der Waals surface area (Å²) >= 11 is 0. The zero-order valence-electron chi connectivity index (χ0n) is 11.8. The highest BCUT2D eigenvalue weighted by Gasteiger charge is 2.16. The van der Waals surface area contributed by atoms with Crippen LogP contribution in [0.1, 0.15) is 45.8 Å². The van der Waals surface area contributed by atoms with Crippen molar-refractivity contribution in [2.24, 2.45) is 5.41 Å². The number of nitrogens with zero attached hydrogens (tertiary/aromatic N) is 1. The lowest BCUT2D eigenvalue weighted by Gasteiger charge is -2.19. The van der Waals surface area contributed by atoms with E-state index in [0.29, 0.717) is 17.9 Å². The molecule has 106 valence electrons. The van der Waals surface area contributed by atoms with Crippen LogP contribution in [0.15, 0.2) is 18.2 Å². The molecule has 0 saturated carbocycles. The highest BCUT2D eigenvalue weighted by molar-refractivity contribution is 5.44. The number of aliphatic hydroxyl groups is 1. The van der Waals surface area contributed by atoms with Gasteiger partial charge in [-0.25, -0.2) is 0 Å². The molecule has 0 spiro atoms. The Morgan fingerprint density at radius 2 is 2.05 bits per heavy atom. The van der Waals surface area contributed by atoms with Crippen LogP contribution in [-0.2, 0) is 0 Å². The number of non-ortho nitro benzene ring substituents is 1. The predicted octanol–water partition coefficient (Wildman–Crippen LogP) is 3.46. The molecule has 5 heteroatoms. The van der Waals surface area contributed by atoms with Crippen LogP contribution in [0.3, 0.4) is 0 Å². The Kier molecular flexibility index (Phi) is 4.89. The van der Waals surface area contributed by atoms with Crippen molar-refractivity contribution in [1.82, 2.24) is 0 Å². The van der Waals surface area contributed by atoms with Crippen LogP contribution in [0, 0.1) is 15.5 Å². The number of rotatable bonds is 5. The van der Waals surface area contributed by atoms with Gasteiger partial charge >= 0.3 is 0 Å². The normalized spacial score (nSPS) is 13.1. The second kappa shape index (κ2) is 6.02. The summed E-state index contributed by atoms with van der Waals surface area (Å²) in [6, 6.07) is 4.29. The van der Waals surface area contributed by atoms with Gasteiger partial charge in [0.25, 0.3) is 5.69 Å². The van der Waals surface area contributed by atoms with Gasteiger partial charge in [-0.3, -0.25) is 10.1 Å². The lowest BCUT2D eigenvalue weighted by molar-refractivity contribution is -0.385. The monoisotopic (exact) mass is 267 g/mol. The Labute approximate surface area is 113 Å². The van der Waals surface area contributed by atoms with Crippen LogP contribution in [-0.4, -0.2) is 16.6 Å². The first kappa shape index (κ1) is 15.4. The van der Waals surface area contributed by atoms with Crippen molar-refractivity contribution < 1.29 is 14.8 Å². The van der Waals surface area contributed by atoms with Gasteiger partial charge in [0, 0.05) is 17.7 Å². The zero-order valence-corrected chi connectivity index (χ0v) is 11.8. The molecule has 0 radical (unpaired) electrons. The molecule has 19 heavy (non-hydrogen) atoms. The quantitative estimate of drug-likeness (QED) is 0.655. The number of nitro groups is 1. The largest absolute Gasteiger partial charge is 0.493 e. The molecule has 0 unspecified atom stereocenters. The van der Waals surface area contributed by atoms with Crippen LogP contribution < -0.4 is 4.74 Å². The Morgan fingerprint density at radius 3 is 2.53 bits per heavy atom. The Bertz CT molecular complexity index is 449. The van der Waals surface area contributed by atoms with Gasteiger partial charge in [0.15, 0.2) is 0 Å². The Morgan fingerprint density at radius 1 is 1.42 bits per heavy atom. The van der Waals surface area contributed by atoms with E-state index in [1.54, 1.807) is 13.0 Å². The summed E-state index contributed by atoms with van der Waals surface area (Å²) in [7, 11) is 0. The van der Waals surface area contributed by atoms with Crippen molar-refractivity contribution in [3.63, 3.8) is 0 Å². The molecule has 0 aliphatic carbocycles. The first-order chi connectivity index (χ1) is 8.70. The van der Waals surface area contributed by atoms with Gasteiger partial charge in [-0.1, -0.05) is 20.8 Å². The van der Waals surface area contributed by atoms with Gasteiger partial charge in [0.1, 0.15) is 5.75 Å². The minimum Gasteiger partial charge on any atom is -0.493 e. The maximum atomic E-state index is 10.7. The zero-order chi connectivity index (χ0) is 14.6. The molecule has 1 N–H and O–H groups in total. The van der Waals surface area contributed by atoms with Crippen molar-refractivity contribution in [2.45, 2.75) is 40.2 Å². The number of nitro benzene ring substituents is 1. The number of aliphatic hydroxyl groups excluding tert-OH is 1. The van der Waals surface area contributed by atoms with Crippen LogP contribution in [0.25, 0.3) is 0 Å². The molecule has 0 heterocycles. The average molecular weight is 267 g/mol. The molecule has 0 fully saturated rings. The van der Waals surface area contributed by atoms with Crippen LogP contribution in [0.2, 0.25) is 0 Å². The van der Waals surface area contributed by atoms with Gasteiger partial charge in [0.05, 0.1) is 17.6 Å². The minimum atomic E-state index is -0.801. The smallest absolute Gasteiger partial charge is 0.270 e. The molecule has 1 atom stereocenters. The molecule has 5 nitrogen and oxygen atoms in total. The van der Waals surface area contributed by atoms with Crippen molar-refractivity contribution in [1.29, 1.82) is 0 Å². The third kappa shape index (κ3) is 4.87. The Hall–Kier alpha value is -1.62. The van der Waals surface area contributed by atoms with Crippen molar-refractivity contribution in [3.8, 4) is 5.75 Å². The first-order valence-electron chi connectivity index (χ1n) is 6.30. The Balaban J connectivity index is 2.85. The van der Waals surface area contributed by atoms with Gasteiger partial charge < -0.3 is 9.84 Å². The summed E-state index contributed by atoms with van der Waals surface area (Å²) in [6.07, 6.45) is 0.0630. The second-order valence-corrected chi connectivity index (χ2v) is 5.81. The van der Waals surface area contributed by atoms with Crippen molar-refractivity contribution in [2.75, 3.05) is 6.61 Å². The third-order valence-electron chi connectivity index (χ3n) is 2.76. The summed E-state index contributed by atoms with van der Waals surface area (Å²) in [4.78, 5) is 10.2. The molecular weight excluding hydrogens is 246 g/mol. The van der Waals surface area contributed by atoms with Gasteiger partial charge in [-0.15, -0.1) is 0 Å². The van der Waals surface area contributed by atoms with Crippen LogP contribution >= 0.6 is 0 Å². The molecule has 1 aromatic carbocycles. The fraction of sp³-hybridized carbons (Fsp3) is 0.571. The van der Waals surface area contributed by atoms with Crippen LogP contribution in [0.4, 0.5) is 5.69 Å². The second-order valence-electron chi connectivity index (χ2n) is 5.81. The summed E-state index contributed by atoms with van der Waals surface area (Å²) < 4.78 is 5.63. The summed E-state index contributed by atoms with van der Waals surface area (Å²) in [5, 5.41) is 20.4. The van der Waals surface area contributed by atoms with Crippen molar-refractivity contribution >= 4 is 5.69 Å². The molecule has 0 saturated heterocycles. The first-order valence-corrected chi connectivity index (χ1v) is 6.30. The highest BCUT2D eigenvalue weighted by Crippen LogP contribution is 2.30. The van der Waals surface area contributed by atoms with E-state index in [-0.39, 0.29) is 11.1 Å². The standard InChI is InChI=1S/C14H21NO4/c1-10(16)12-9-11(15(17)18)5-6-13(12)19-8-7-14(2,3)4/h5-6,9-10,16H,7-8H2,1-4H3/t10-/m0/s1. The maximum absolute atomic E-state index is 10.7. The topological polar surface area (TPSA) is 72.6 Å². The molecule has 1 aromatic rings. The lowest BCUT2D eigenvalue weighted by Crippen LogP contribution is -2.12. The van der Waals surface area contributed by atoms with E-state index in [0.717, 1.165) is 6.42 Å². The lowest BCUT2D eigenvalue weighted by atomic mass is 9.93. The average Bonchev–Trinajstić information content (AvgIpc) is 2.27. The van der Waals surface area contributed by atoms with E-state index < -0.39 is 11.0 Å². The molecular formula is C14H21NO4. The van der Waals surface area contributed by atoms with E-state index >= 15 is 0 Å². The fourth-order valence-corrected chi connectivity index (χ4v) is 1.57. The van der Waals surface area contributed by atoms with E-state index in [4.69, 9.17) is 4.74 Å². The number of benzene rings is 1. The number of ether oxygens (including phenoxy) is 1. The highest BCUT2D eigenvalue weighted by atomic mass is 16.6. The molecule has 0 aromatic heterocycles. The van der Waals surface area contributed by atoms with E-state index in [1.807, 2.05) is 0 Å². The van der Waals surface area contributed by atoms with Crippen molar-refractivity contribution in [3.05, 3.63) is 33.9 Å². The molecule has 0 amide bonds. The molecule has 1 rings (SSSR count). The fourth-order valence-electron chi connectivity index (χ4n) is 1.57. The molecule has 0 aliphatic rings. The van der Waals surface area contributed by atoms with Gasteiger partial charge in [-0.05, 0) is 24.8 Å². The summed E-state index contributed by atoms with van der Waals surface area (Å²) in [6.45, 7) is 8.42. The van der Waals surface area contributed by atoms with Gasteiger partial charge in [-0.2, -0.15) is 0 Å². The minimum absolute atomic E-state index is 0.0425. The van der Waals surface area contributed by atoms with E-state index in [1.165, 1.54) is 12.1 Å². The van der Waals surface area contributed by atoms with Gasteiger partial charge in [0.2, 0.25) is 0 Å². The van der Waals surface area contributed by atoms with E-state index in [2.05, 4.69) is 20.8 Å². The third-order valence-corrected chi connectivity index (χ3v) is 2.76. The molecule has 0 bridgehead atoms. The molecule has 0 aliphatic heterocycles. The summed E-state index contributed by atoms with van der Waals surface area (Å²) in [5.41, 5.74) is 0.563. The van der Waals surface area contributed by atoms with Crippen LogP contribution in [0.5, 0.6) is 5.75 Å². The number of hydrogen-bond donors (Lipinski definition) is 1. The predicted molar refractivity (Wildman–Crippen MR) is 73.3 cm³/mol.